The molecule has 2 aromatic rings. The maximum absolute atomic E-state index is 13.1. The molecule has 0 spiro atoms. The number of para-hydroxylation sites is 1. The summed E-state index contributed by atoms with van der Waals surface area (Å²) in [5.41, 5.74) is 0.235. The largest absolute Gasteiger partial charge is 0.438 e. The second-order valence-electron chi connectivity index (χ2n) is 8.63. The zero-order chi connectivity index (χ0) is 22.0. The zero-order valence-electron chi connectivity index (χ0n) is 17.7. The first kappa shape index (κ1) is 21.5. The Morgan fingerprint density at radius 2 is 1.94 bits per heavy atom. The van der Waals surface area contributed by atoms with E-state index in [1.165, 1.54) is 6.20 Å². The number of hydrogen-bond acceptors (Lipinski definition) is 6. The highest BCUT2D eigenvalue weighted by atomic mass is 32.2. The first-order valence-electron chi connectivity index (χ1n) is 10.6. The lowest BCUT2D eigenvalue weighted by atomic mass is 9.76. The summed E-state index contributed by atoms with van der Waals surface area (Å²) in [6.45, 7) is 2.20. The van der Waals surface area contributed by atoms with Gasteiger partial charge in [-0.1, -0.05) is 31.2 Å². The molecule has 2 fully saturated rings. The Labute approximate surface area is 182 Å². The number of ether oxygens (including phenoxy) is 1. The maximum Gasteiger partial charge on any atom is 0.258 e. The molecule has 1 aromatic heterocycles. The molecule has 164 valence electrons. The van der Waals surface area contributed by atoms with Gasteiger partial charge in [-0.25, -0.2) is 13.4 Å². The molecule has 0 radical (unpaired) electrons. The topological polar surface area (TPSA) is 98.2 Å². The number of sulfone groups is 1. The van der Waals surface area contributed by atoms with Gasteiger partial charge in [0, 0.05) is 23.8 Å². The van der Waals surface area contributed by atoms with E-state index < -0.39 is 9.84 Å². The third-order valence-corrected chi connectivity index (χ3v) is 6.33. The molecular formula is C23H27N3O4S. The van der Waals surface area contributed by atoms with Crippen LogP contribution in [-0.4, -0.2) is 36.6 Å². The van der Waals surface area contributed by atoms with Crippen molar-refractivity contribution >= 4 is 15.7 Å². The number of hydrogen-bond donors (Lipinski definition) is 1. The zero-order valence-corrected chi connectivity index (χ0v) is 18.5. The SMILES string of the molecule is CS(=O)(=O)/C=C/C(NC(=O)c1cnc([C@H]2C[C@@H](C)C2)nc1Oc1ccccc1)C1CC1. The molecule has 1 amide bonds. The third-order valence-electron chi connectivity index (χ3n) is 5.67. The molecule has 1 atom stereocenters. The number of nitrogens with one attached hydrogen (secondary N) is 1. The van der Waals surface area contributed by atoms with E-state index in [1.807, 2.05) is 18.2 Å². The summed E-state index contributed by atoms with van der Waals surface area (Å²) in [6.07, 6.45) is 8.14. The molecule has 2 aliphatic carbocycles. The van der Waals surface area contributed by atoms with Gasteiger partial charge in [-0.2, -0.15) is 4.98 Å². The Morgan fingerprint density at radius 3 is 2.55 bits per heavy atom. The molecule has 0 saturated heterocycles. The van der Waals surface area contributed by atoms with Gasteiger partial charge in [0.15, 0.2) is 9.84 Å². The monoisotopic (exact) mass is 441 g/mol. The van der Waals surface area contributed by atoms with E-state index in [2.05, 4.69) is 22.2 Å². The van der Waals surface area contributed by atoms with Crippen LogP contribution in [0.5, 0.6) is 11.6 Å². The quantitative estimate of drug-likeness (QED) is 0.668. The van der Waals surface area contributed by atoms with Crippen LogP contribution in [0.2, 0.25) is 0 Å². The standard InChI is InChI=1S/C23H27N3O4S/c1-15-12-17(13-15)21-24-14-19(23(26-21)30-18-6-4-3-5-7-18)22(27)25-20(16-8-9-16)10-11-31(2,28)29/h3-7,10-11,14-17,20H,8-9,12-13H2,1-2H3,(H,25,27)/b11-10+/t15-,17+,20?. The highest BCUT2D eigenvalue weighted by Gasteiger charge is 2.33. The van der Waals surface area contributed by atoms with Crippen LogP contribution in [0.25, 0.3) is 0 Å². The number of benzene rings is 1. The predicted molar refractivity (Wildman–Crippen MR) is 118 cm³/mol. The lowest BCUT2D eigenvalue weighted by Crippen LogP contribution is -2.35. The number of aromatic nitrogens is 2. The van der Waals surface area contributed by atoms with Crippen molar-refractivity contribution in [1.82, 2.24) is 15.3 Å². The number of carbonyl (C=O) groups is 1. The Bertz CT molecular complexity index is 1080. The van der Waals surface area contributed by atoms with Gasteiger partial charge in [0.2, 0.25) is 5.88 Å². The van der Waals surface area contributed by atoms with Gasteiger partial charge in [-0.3, -0.25) is 4.79 Å². The number of rotatable bonds is 8. The smallest absolute Gasteiger partial charge is 0.258 e. The fourth-order valence-electron chi connectivity index (χ4n) is 3.76. The van der Waals surface area contributed by atoms with Gasteiger partial charge in [-0.15, -0.1) is 0 Å². The van der Waals surface area contributed by atoms with Crippen molar-refractivity contribution in [3.05, 3.63) is 59.4 Å². The Balaban J connectivity index is 1.59. The van der Waals surface area contributed by atoms with E-state index in [4.69, 9.17) is 4.74 Å². The molecular weight excluding hydrogens is 414 g/mol. The van der Waals surface area contributed by atoms with Gasteiger partial charge in [0.05, 0.1) is 6.04 Å². The molecule has 31 heavy (non-hydrogen) atoms. The fourth-order valence-corrected chi connectivity index (χ4v) is 4.21. The third kappa shape index (κ3) is 5.70. The molecule has 8 heteroatoms. The molecule has 2 aliphatic rings. The normalized spacial score (nSPS) is 22.0. The summed E-state index contributed by atoms with van der Waals surface area (Å²) in [6, 6.07) is 8.83. The number of carbonyl (C=O) groups excluding carboxylic acids is 1. The molecule has 2 saturated carbocycles. The molecule has 1 N–H and O–H groups in total. The number of amides is 1. The van der Waals surface area contributed by atoms with E-state index in [-0.39, 0.29) is 35.2 Å². The van der Waals surface area contributed by atoms with Gasteiger partial charge in [0.25, 0.3) is 5.91 Å². The van der Waals surface area contributed by atoms with Crippen LogP contribution in [0.4, 0.5) is 0 Å². The van der Waals surface area contributed by atoms with Gasteiger partial charge >= 0.3 is 0 Å². The first-order valence-corrected chi connectivity index (χ1v) is 12.5. The van der Waals surface area contributed by atoms with Crippen LogP contribution in [0, 0.1) is 11.8 Å². The lowest BCUT2D eigenvalue weighted by molar-refractivity contribution is 0.0937. The predicted octanol–water partition coefficient (Wildman–Crippen LogP) is 3.85. The molecule has 1 aromatic carbocycles. The van der Waals surface area contributed by atoms with Crippen molar-refractivity contribution in [2.75, 3.05) is 6.26 Å². The highest BCUT2D eigenvalue weighted by molar-refractivity contribution is 7.93. The van der Waals surface area contributed by atoms with E-state index in [0.717, 1.165) is 37.3 Å². The summed E-state index contributed by atoms with van der Waals surface area (Å²) in [4.78, 5) is 22.1. The first-order chi connectivity index (χ1) is 14.8. The van der Waals surface area contributed by atoms with Crippen molar-refractivity contribution in [1.29, 1.82) is 0 Å². The Hall–Kier alpha value is -2.74. The molecule has 1 unspecified atom stereocenters. The Morgan fingerprint density at radius 1 is 1.23 bits per heavy atom. The molecule has 0 bridgehead atoms. The van der Waals surface area contributed by atoms with Crippen molar-refractivity contribution in [3.63, 3.8) is 0 Å². The van der Waals surface area contributed by atoms with Crippen LogP contribution in [0.1, 0.15) is 54.7 Å². The van der Waals surface area contributed by atoms with Crippen molar-refractivity contribution < 1.29 is 17.9 Å². The Kier molecular flexibility index (Phi) is 6.09. The minimum absolute atomic E-state index is 0.217. The van der Waals surface area contributed by atoms with Crippen LogP contribution < -0.4 is 10.1 Å². The molecule has 4 rings (SSSR count). The van der Waals surface area contributed by atoms with E-state index in [0.29, 0.717) is 17.5 Å². The van der Waals surface area contributed by atoms with Crippen LogP contribution in [0.3, 0.4) is 0 Å². The van der Waals surface area contributed by atoms with E-state index >= 15 is 0 Å². The summed E-state index contributed by atoms with van der Waals surface area (Å²) in [5.74, 6) is 2.27. The van der Waals surface area contributed by atoms with E-state index in [9.17, 15) is 13.2 Å². The number of nitrogens with zero attached hydrogens (tertiary/aromatic N) is 2. The minimum Gasteiger partial charge on any atom is -0.438 e. The van der Waals surface area contributed by atoms with Gasteiger partial charge < -0.3 is 10.1 Å². The average molecular weight is 442 g/mol. The van der Waals surface area contributed by atoms with Crippen molar-refractivity contribution in [2.45, 2.75) is 44.6 Å². The second-order valence-corrected chi connectivity index (χ2v) is 10.6. The molecule has 7 nitrogen and oxygen atoms in total. The lowest BCUT2D eigenvalue weighted by Gasteiger charge is -2.31. The van der Waals surface area contributed by atoms with E-state index in [1.54, 1.807) is 18.2 Å². The summed E-state index contributed by atoms with van der Waals surface area (Å²) in [7, 11) is -3.27. The molecule has 0 aliphatic heterocycles. The van der Waals surface area contributed by atoms with Crippen LogP contribution >= 0.6 is 0 Å². The van der Waals surface area contributed by atoms with Gasteiger partial charge in [0.1, 0.15) is 17.1 Å². The maximum atomic E-state index is 13.1. The summed E-state index contributed by atoms with van der Waals surface area (Å²) in [5, 5.41) is 4.08. The van der Waals surface area contributed by atoms with Gasteiger partial charge in [-0.05, 0) is 49.7 Å². The van der Waals surface area contributed by atoms with Crippen LogP contribution in [-0.2, 0) is 9.84 Å². The summed E-state index contributed by atoms with van der Waals surface area (Å²) < 4.78 is 29.0. The average Bonchev–Trinajstić information content (AvgIpc) is 3.54. The fraction of sp³-hybridized carbons (Fsp3) is 0.435. The second kappa shape index (κ2) is 8.78. The minimum atomic E-state index is -3.27. The highest BCUT2D eigenvalue weighted by Crippen LogP contribution is 2.40. The summed E-state index contributed by atoms with van der Waals surface area (Å²) >= 11 is 0. The van der Waals surface area contributed by atoms with Crippen molar-refractivity contribution in [2.24, 2.45) is 11.8 Å². The molecule has 1 heterocycles. The van der Waals surface area contributed by atoms with Crippen LogP contribution in [0.15, 0.2) is 48.0 Å². The van der Waals surface area contributed by atoms with Crippen molar-refractivity contribution in [3.8, 4) is 11.6 Å².